The zero-order valence-corrected chi connectivity index (χ0v) is 5.26. The van der Waals surface area contributed by atoms with Crippen molar-refractivity contribution in [1.29, 1.82) is 0 Å². The second kappa shape index (κ2) is 4.30. The van der Waals surface area contributed by atoms with Crippen LogP contribution in [0.4, 0.5) is 0 Å². The predicted molar refractivity (Wildman–Crippen MR) is 33.3 cm³/mol. The third kappa shape index (κ3) is 2.34. The van der Waals surface area contributed by atoms with Crippen molar-refractivity contribution in [1.82, 2.24) is 0 Å². The summed E-state index contributed by atoms with van der Waals surface area (Å²) in [4.78, 5) is 0. The van der Waals surface area contributed by atoms with E-state index in [1.54, 1.807) is 7.05 Å². The van der Waals surface area contributed by atoms with Gasteiger partial charge in [-0.2, -0.15) is 10.2 Å². The average molecular weight is 113 g/mol. The summed E-state index contributed by atoms with van der Waals surface area (Å²) < 4.78 is 0. The molecule has 3 heteroatoms. The van der Waals surface area contributed by atoms with E-state index in [9.17, 15) is 0 Å². The molecule has 0 rings (SSSR count). The van der Waals surface area contributed by atoms with Gasteiger partial charge in [-0.25, -0.2) is 0 Å². The molecule has 0 amide bonds. The van der Waals surface area contributed by atoms with Gasteiger partial charge in [-0.15, -0.1) is 0 Å². The smallest absolute Gasteiger partial charge is 0.0777 e. The zero-order valence-electron chi connectivity index (χ0n) is 5.26. The molecule has 0 spiro atoms. The van der Waals surface area contributed by atoms with Crippen LogP contribution in [-0.4, -0.2) is 7.05 Å². The van der Waals surface area contributed by atoms with Crippen molar-refractivity contribution < 1.29 is 0 Å². The van der Waals surface area contributed by atoms with Crippen LogP contribution in [0.1, 0.15) is 13.3 Å². The molecular formula is C5H11N3. The molecule has 0 aliphatic rings. The van der Waals surface area contributed by atoms with Crippen LogP contribution < -0.4 is 5.73 Å². The molecule has 46 valence electrons. The van der Waals surface area contributed by atoms with Gasteiger partial charge in [0.25, 0.3) is 0 Å². The Bertz CT molecular complexity index is 101. The SMILES string of the molecule is CCC(=C/N)/N=N\C. The molecule has 0 saturated heterocycles. The highest BCUT2D eigenvalue weighted by molar-refractivity contribution is 4.93. The first-order chi connectivity index (χ1) is 3.85. The normalized spacial score (nSPS) is 13.0. The zero-order chi connectivity index (χ0) is 6.41. The Morgan fingerprint density at radius 1 is 1.75 bits per heavy atom. The van der Waals surface area contributed by atoms with Crippen LogP contribution >= 0.6 is 0 Å². The fourth-order valence-corrected chi connectivity index (χ4v) is 0.350. The van der Waals surface area contributed by atoms with Gasteiger partial charge in [-0.05, 0) is 6.42 Å². The summed E-state index contributed by atoms with van der Waals surface area (Å²) in [6, 6.07) is 0. The summed E-state index contributed by atoms with van der Waals surface area (Å²) in [6.45, 7) is 1.98. The second-order valence-electron chi connectivity index (χ2n) is 1.31. The van der Waals surface area contributed by atoms with Gasteiger partial charge in [-0.1, -0.05) is 6.92 Å². The van der Waals surface area contributed by atoms with Crippen LogP contribution in [0.3, 0.4) is 0 Å². The van der Waals surface area contributed by atoms with Crippen LogP contribution in [0.5, 0.6) is 0 Å². The van der Waals surface area contributed by atoms with Crippen LogP contribution in [0.2, 0.25) is 0 Å². The highest BCUT2D eigenvalue weighted by Gasteiger charge is 1.83. The topological polar surface area (TPSA) is 50.7 Å². The number of azo groups is 1. The number of hydrogen-bond acceptors (Lipinski definition) is 3. The van der Waals surface area contributed by atoms with Crippen LogP contribution in [0, 0.1) is 0 Å². The van der Waals surface area contributed by atoms with Gasteiger partial charge in [0.1, 0.15) is 0 Å². The Morgan fingerprint density at radius 3 is 2.50 bits per heavy atom. The average Bonchev–Trinajstić information content (AvgIpc) is 1.83. The van der Waals surface area contributed by atoms with Crippen molar-refractivity contribution in [2.24, 2.45) is 16.0 Å². The summed E-state index contributed by atoms with van der Waals surface area (Å²) >= 11 is 0. The van der Waals surface area contributed by atoms with Crippen molar-refractivity contribution >= 4 is 0 Å². The minimum Gasteiger partial charge on any atom is -0.403 e. The quantitative estimate of drug-likeness (QED) is 0.539. The first-order valence-corrected chi connectivity index (χ1v) is 2.55. The predicted octanol–water partition coefficient (Wildman–Crippen LogP) is 1.28. The summed E-state index contributed by atoms with van der Waals surface area (Å²) in [7, 11) is 1.62. The van der Waals surface area contributed by atoms with Crippen molar-refractivity contribution in [2.45, 2.75) is 13.3 Å². The minimum atomic E-state index is 0.826. The Hall–Kier alpha value is -0.860. The van der Waals surface area contributed by atoms with Gasteiger partial charge in [0.15, 0.2) is 0 Å². The van der Waals surface area contributed by atoms with E-state index in [0.29, 0.717) is 0 Å². The van der Waals surface area contributed by atoms with E-state index in [4.69, 9.17) is 5.73 Å². The molecule has 0 saturated carbocycles. The molecule has 0 unspecified atom stereocenters. The van der Waals surface area contributed by atoms with E-state index in [0.717, 1.165) is 12.1 Å². The highest BCUT2D eigenvalue weighted by Crippen LogP contribution is 1.98. The number of nitrogens with zero attached hydrogens (tertiary/aromatic N) is 2. The summed E-state index contributed by atoms with van der Waals surface area (Å²) in [5, 5.41) is 7.28. The molecule has 0 bridgehead atoms. The summed E-state index contributed by atoms with van der Waals surface area (Å²) in [6.07, 6.45) is 2.31. The number of allylic oxidation sites excluding steroid dienone is 1. The van der Waals surface area contributed by atoms with Gasteiger partial charge in [-0.3, -0.25) is 0 Å². The van der Waals surface area contributed by atoms with Crippen molar-refractivity contribution in [3.63, 3.8) is 0 Å². The number of rotatable bonds is 2. The van der Waals surface area contributed by atoms with Crippen LogP contribution in [0.25, 0.3) is 0 Å². The van der Waals surface area contributed by atoms with Gasteiger partial charge in [0, 0.05) is 13.2 Å². The fraction of sp³-hybridized carbons (Fsp3) is 0.600. The van der Waals surface area contributed by atoms with E-state index in [-0.39, 0.29) is 0 Å². The largest absolute Gasteiger partial charge is 0.403 e. The molecule has 0 radical (unpaired) electrons. The lowest BCUT2D eigenvalue weighted by Gasteiger charge is -1.87. The summed E-state index contributed by atoms with van der Waals surface area (Å²) in [5.74, 6) is 0. The van der Waals surface area contributed by atoms with Gasteiger partial charge < -0.3 is 5.73 Å². The van der Waals surface area contributed by atoms with E-state index in [1.165, 1.54) is 6.20 Å². The third-order valence-corrected chi connectivity index (χ3v) is 0.783. The first-order valence-electron chi connectivity index (χ1n) is 2.55. The summed E-state index contributed by atoms with van der Waals surface area (Å²) in [5.41, 5.74) is 5.98. The molecule has 0 aromatic rings. The van der Waals surface area contributed by atoms with Gasteiger partial charge >= 0.3 is 0 Å². The highest BCUT2D eigenvalue weighted by atomic mass is 15.1. The molecule has 0 heterocycles. The van der Waals surface area contributed by atoms with Crippen molar-refractivity contribution in [3.05, 3.63) is 11.9 Å². The number of nitrogens with two attached hydrogens (primary N) is 1. The molecule has 0 atom stereocenters. The Labute approximate surface area is 49.3 Å². The molecule has 0 aliphatic heterocycles. The number of hydrogen-bond donors (Lipinski definition) is 1. The molecule has 0 aromatic carbocycles. The molecule has 3 nitrogen and oxygen atoms in total. The van der Waals surface area contributed by atoms with Crippen molar-refractivity contribution in [3.8, 4) is 0 Å². The van der Waals surface area contributed by atoms with E-state index < -0.39 is 0 Å². The van der Waals surface area contributed by atoms with E-state index in [1.807, 2.05) is 6.92 Å². The monoisotopic (exact) mass is 113 g/mol. The second-order valence-corrected chi connectivity index (χ2v) is 1.31. The molecule has 8 heavy (non-hydrogen) atoms. The maximum atomic E-state index is 5.15. The molecule has 0 aliphatic carbocycles. The fourth-order valence-electron chi connectivity index (χ4n) is 0.350. The standard InChI is InChI=1S/C5H11N3/c1-3-5(4-6)8-7-2/h4H,3,6H2,1-2H3/b5-4-,8-7-. The molecular weight excluding hydrogens is 102 g/mol. The van der Waals surface area contributed by atoms with Crippen LogP contribution in [0.15, 0.2) is 22.1 Å². The molecule has 0 fully saturated rings. The van der Waals surface area contributed by atoms with Gasteiger partial charge in [0.05, 0.1) is 5.70 Å². The van der Waals surface area contributed by atoms with E-state index in [2.05, 4.69) is 10.2 Å². The lowest BCUT2D eigenvalue weighted by molar-refractivity contribution is 0.974. The van der Waals surface area contributed by atoms with Crippen molar-refractivity contribution in [2.75, 3.05) is 7.05 Å². The Morgan fingerprint density at radius 2 is 2.38 bits per heavy atom. The van der Waals surface area contributed by atoms with E-state index >= 15 is 0 Å². The lowest BCUT2D eigenvalue weighted by atomic mass is 10.4. The molecule has 0 aromatic heterocycles. The Balaban J connectivity index is 3.72. The lowest BCUT2D eigenvalue weighted by Crippen LogP contribution is -1.82. The molecule has 2 N–H and O–H groups in total. The Kier molecular flexibility index (Phi) is 3.84. The first kappa shape index (κ1) is 7.14. The van der Waals surface area contributed by atoms with Crippen LogP contribution in [-0.2, 0) is 0 Å². The van der Waals surface area contributed by atoms with Gasteiger partial charge in [0.2, 0.25) is 0 Å². The third-order valence-electron chi connectivity index (χ3n) is 0.783. The maximum Gasteiger partial charge on any atom is 0.0777 e. The minimum absolute atomic E-state index is 0.826. The maximum absolute atomic E-state index is 5.15.